The first-order valence-electron chi connectivity index (χ1n) is 11.2. The number of carbonyl (C=O) groups is 1. The van der Waals surface area contributed by atoms with Crippen LogP contribution in [0.5, 0.6) is 0 Å². The van der Waals surface area contributed by atoms with Crippen molar-refractivity contribution < 1.29 is 4.79 Å². The van der Waals surface area contributed by atoms with E-state index in [1.165, 1.54) is 11.1 Å². The van der Waals surface area contributed by atoms with Gasteiger partial charge in [0.1, 0.15) is 0 Å². The van der Waals surface area contributed by atoms with Crippen molar-refractivity contribution in [1.29, 1.82) is 0 Å². The minimum Gasteiger partial charge on any atom is -0.348 e. The van der Waals surface area contributed by atoms with Gasteiger partial charge in [0.15, 0.2) is 0 Å². The smallest absolute Gasteiger partial charge is 0.237 e. The molecule has 0 bridgehead atoms. The van der Waals surface area contributed by atoms with E-state index in [9.17, 15) is 4.79 Å². The van der Waals surface area contributed by atoms with Crippen molar-refractivity contribution in [2.75, 3.05) is 32.7 Å². The van der Waals surface area contributed by atoms with E-state index in [1.807, 2.05) is 31.2 Å². The summed E-state index contributed by atoms with van der Waals surface area (Å²) < 4.78 is 0. The van der Waals surface area contributed by atoms with Gasteiger partial charge in [0.25, 0.3) is 0 Å². The topological polar surface area (TPSA) is 35.6 Å². The summed E-state index contributed by atoms with van der Waals surface area (Å²) in [6.07, 6.45) is 6.42. The molecule has 1 aliphatic heterocycles. The number of nitrogens with zero attached hydrogens (tertiary/aromatic N) is 2. The Hall–Kier alpha value is -2.43. The maximum absolute atomic E-state index is 12.9. The molecular formula is C26H35N3O. The van der Waals surface area contributed by atoms with E-state index >= 15 is 0 Å². The Labute approximate surface area is 181 Å². The monoisotopic (exact) mass is 405 g/mol. The lowest BCUT2D eigenvalue weighted by atomic mass is 10.0. The molecule has 2 atom stereocenters. The number of nitrogens with one attached hydrogen (secondary N) is 1. The first kappa shape index (κ1) is 22.3. The predicted octanol–water partition coefficient (Wildman–Crippen LogP) is 4.36. The molecule has 4 nitrogen and oxygen atoms in total. The van der Waals surface area contributed by atoms with Crippen LogP contribution in [0.2, 0.25) is 0 Å². The second-order valence-corrected chi connectivity index (χ2v) is 8.09. The zero-order valence-corrected chi connectivity index (χ0v) is 18.3. The van der Waals surface area contributed by atoms with Gasteiger partial charge < -0.3 is 5.32 Å². The lowest BCUT2D eigenvalue weighted by Gasteiger charge is -2.37. The van der Waals surface area contributed by atoms with Gasteiger partial charge in [0, 0.05) is 32.7 Å². The molecule has 3 rings (SSSR count). The summed E-state index contributed by atoms with van der Waals surface area (Å²) in [7, 11) is 0. The molecule has 0 spiro atoms. The molecule has 0 saturated carbocycles. The van der Waals surface area contributed by atoms with E-state index in [0.29, 0.717) is 0 Å². The summed E-state index contributed by atoms with van der Waals surface area (Å²) in [4.78, 5) is 17.7. The third-order valence-electron chi connectivity index (χ3n) is 5.90. The first-order valence-corrected chi connectivity index (χ1v) is 11.2. The van der Waals surface area contributed by atoms with Gasteiger partial charge in [0.05, 0.1) is 12.1 Å². The Balaban J connectivity index is 1.46. The molecule has 30 heavy (non-hydrogen) atoms. The molecule has 1 amide bonds. The van der Waals surface area contributed by atoms with Gasteiger partial charge in [-0.25, -0.2) is 0 Å². The highest BCUT2D eigenvalue weighted by molar-refractivity contribution is 5.81. The number of hydrogen-bond acceptors (Lipinski definition) is 3. The third-order valence-corrected chi connectivity index (χ3v) is 5.90. The lowest BCUT2D eigenvalue weighted by molar-refractivity contribution is -0.127. The summed E-state index contributed by atoms with van der Waals surface area (Å²) in [5.41, 5.74) is 2.43. The van der Waals surface area contributed by atoms with Crippen molar-refractivity contribution in [3.63, 3.8) is 0 Å². The van der Waals surface area contributed by atoms with Crippen LogP contribution in [0.15, 0.2) is 66.7 Å². The van der Waals surface area contributed by atoms with Gasteiger partial charge >= 0.3 is 0 Å². The van der Waals surface area contributed by atoms with E-state index in [-0.39, 0.29) is 18.0 Å². The molecule has 160 valence electrons. The Morgan fingerprint density at radius 1 is 1.00 bits per heavy atom. The molecule has 2 aromatic carbocycles. The van der Waals surface area contributed by atoms with Gasteiger partial charge in [-0.2, -0.15) is 0 Å². The average molecular weight is 406 g/mol. The minimum absolute atomic E-state index is 0.0931. The number of rotatable bonds is 9. The minimum atomic E-state index is -0.102. The maximum Gasteiger partial charge on any atom is 0.237 e. The van der Waals surface area contributed by atoms with Crippen LogP contribution in [0.25, 0.3) is 6.08 Å². The molecule has 1 N–H and O–H groups in total. The average Bonchev–Trinajstić information content (AvgIpc) is 2.80. The van der Waals surface area contributed by atoms with Gasteiger partial charge in [0.2, 0.25) is 5.91 Å². The van der Waals surface area contributed by atoms with Gasteiger partial charge in [-0.05, 0) is 24.5 Å². The van der Waals surface area contributed by atoms with Crippen molar-refractivity contribution >= 4 is 12.0 Å². The highest BCUT2D eigenvalue weighted by Crippen LogP contribution is 2.19. The van der Waals surface area contributed by atoms with Crippen LogP contribution in [0.4, 0.5) is 0 Å². The van der Waals surface area contributed by atoms with E-state index < -0.39 is 0 Å². The molecular weight excluding hydrogens is 370 g/mol. The molecule has 1 fully saturated rings. The zero-order chi connectivity index (χ0) is 21.2. The van der Waals surface area contributed by atoms with Gasteiger partial charge in [-0.1, -0.05) is 86.2 Å². The van der Waals surface area contributed by atoms with Crippen LogP contribution in [0.1, 0.15) is 43.9 Å². The Morgan fingerprint density at radius 3 is 2.27 bits per heavy atom. The van der Waals surface area contributed by atoms with E-state index in [4.69, 9.17) is 0 Å². The van der Waals surface area contributed by atoms with E-state index in [0.717, 1.165) is 45.6 Å². The van der Waals surface area contributed by atoms with Crippen molar-refractivity contribution in [3.8, 4) is 0 Å². The highest BCUT2D eigenvalue weighted by Gasteiger charge is 2.26. The standard InChI is InChI=1S/C26H35N3O/c1-3-11-25(24-15-8-5-9-16-24)27-26(30)22(2)29-20-18-28(19-21-29)17-10-14-23-12-6-4-7-13-23/h4-10,12-16,22,25H,3,11,17-21H2,1-2H3,(H,27,30)/b14-10+/t22-,25+/m0/s1. The summed E-state index contributed by atoms with van der Waals surface area (Å²) in [5.74, 6) is 0.134. The lowest BCUT2D eigenvalue weighted by Crippen LogP contribution is -2.54. The fourth-order valence-corrected chi connectivity index (χ4v) is 3.99. The molecule has 0 radical (unpaired) electrons. The Bertz CT molecular complexity index is 782. The molecule has 1 aliphatic rings. The summed E-state index contributed by atoms with van der Waals surface area (Å²) in [6.45, 7) is 9.00. The van der Waals surface area contributed by atoms with Crippen LogP contribution >= 0.6 is 0 Å². The molecule has 1 heterocycles. The molecule has 1 saturated heterocycles. The number of amides is 1. The summed E-state index contributed by atoms with van der Waals surface area (Å²) in [6, 6.07) is 20.7. The second kappa shape index (κ2) is 11.7. The predicted molar refractivity (Wildman–Crippen MR) is 125 cm³/mol. The van der Waals surface area contributed by atoms with Crippen LogP contribution in [0.3, 0.4) is 0 Å². The van der Waals surface area contributed by atoms with E-state index in [2.05, 4.69) is 70.6 Å². The van der Waals surface area contributed by atoms with Crippen molar-refractivity contribution in [2.24, 2.45) is 0 Å². The largest absolute Gasteiger partial charge is 0.348 e. The number of carbonyl (C=O) groups excluding carboxylic acids is 1. The number of benzene rings is 2. The van der Waals surface area contributed by atoms with Crippen LogP contribution in [-0.2, 0) is 4.79 Å². The molecule has 4 heteroatoms. The fourth-order valence-electron chi connectivity index (χ4n) is 3.99. The molecule has 0 aliphatic carbocycles. The summed E-state index contributed by atoms with van der Waals surface area (Å²) >= 11 is 0. The number of hydrogen-bond donors (Lipinski definition) is 1. The second-order valence-electron chi connectivity index (χ2n) is 8.09. The van der Waals surface area contributed by atoms with Crippen LogP contribution in [0, 0.1) is 0 Å². The van der Waals surface area contributed by atoms with E-state index in [1.54, 1.807) is 0 Å². The Kier molecular flexibility index (Phi) is 8.66. The first-order chi connectivity index (χ1) is 14.7. The van der Waals surface area contributed by atoms with Crippen LogP contribution in [-0.4, -0.2) is 54.5 Å². The normalized spacial score (nSPS) is 17.7. The third kappa shape index (κ3) is 6.54. The molecule has 0 aromatic heterocycles. The van der Waals surface area contributed by atoms with Crippen molar-refractivity contribution in [3.05, 3.63) is 77.9 Å². The quantitative estimate of drug-likeness (QED) is 0.673. The van der Waals surface area contributed by atoms with Crippen molar-refractivity contribution in [1.82, 2.24) is 15.1 Å². The number of piperazine rings is 1. The molecule has 0 unspecified atom stereocenters. The van der Waals surface area contributed by atoms with Gasteiger partial charge in [-0.3, -0.25) is 14.6 Å². The fraction of sp³-hybridized carbons (Fsp3) is 0.423. The Morgan fingerprint density at radius 2 is 1.63 bits per heavy atom. The van der Waals surface area contributed by atoms with Crippen molar-refractivity contribution in [2.45, 2.75) is 38.8 Å². The SMILES string of the molecule is CCC[C@@H](NC(=O)[C@H](C)N1CCN(C/C=C/c2ccccc2)CC1)c1ccccc1. The highest BCUT2D eigenvalue weighted by atomic mass is 16.2. The van der Waals surface area contributed by atoms with Crippen LogP contribution < -0.4 is 5.32 Å². The zero-order valence-electron chi connectivity index (χ0n) is 18.3. The van der Waals surface area contributed by atoms with Gasteiger partial charge in [-0.15, -0.1) is 0 Å². The molecule has 2 aromatic rings. The maximum atomic E-state index is 12.9. The summed E-state index contributed by atoms with van der Waals surface area (Å²) in [5, 5.41) is 3.29.